The van der Waals surface area contributed by atoms with E-state index in [0.717, 1.165) is 25.1 Å². The number of rotatable bonds is 1. The summed E-state index contributed by atoms with van der Waals surface area (Å²) in [7, 11) is 0. The first-order valence-electron chi connectivity index (χ1n) is 4.91. The molecule has 0 saturated heterocycles. The van der Waals surface area contributed by atoms with E-state index in [1.54, 1.807) is 12.1 Å². The van der Waals surface area contributed by atoms with E-state index in [2.05, 4.69) is 5.32 Å². The fourth-order valence-electron chi connectivity index (χ4n) is 1.71. The van der Waals surface area contributed by atoms with Gasteiger partial charge in [0, 0.05) is 12.1 Å². The minimum absolute atomic E-state index is 0.304. The maximum absolute atomic E-state index is 13.6. The molecule has 0 bridgehead atoms. The summed E-state index contributed by atoms with van der Waals surface area (Å²) in [4.78, 5) is 0. The highest BCUT2D eigenvalue weighted by Gasteiger charge is 2.10. The van der Waals surface area contributed by atoms with Crippen molar-refractivity contribution in [3.05, 3.63) is 41.2 Å². The van der Waals surface area contributed by atoms with Crippen LogP contribution in [0.25, 0.3) is 5.57 Å². The Morgan fingerprint density at radius 2 is 2.27 bits per heavy atom. The molecule has 0 atom stereocenters. The highest BCUT2D eigenvalue weighted by molar-refractivity contribution is 5.67. The number of benzene rings is 1. The van der Waals surface area contributed by atoms with Crippen LogP contribution in [0.4, 0.5) is 4.39 Å². The number of nitrogens with zero attached hydrogens (tertiary/aromatic N) is 1. The molecule has 0 aliphatic carbocycles. The van der Waals surface area contributed by atoms with E-state index >= 15 is 0 Å². The molecule has 1 N–H and O–H groups in total. The molecule has 0 amide bonds. The average Bonchev–Trinajstić information content (AvgIpc) is 2.30. The Bertz CT molecular complexity index is 443. The van der Waals surface area contributed by atoms with Crippen LogP contribution in [0, 0.1) is 17.1 Å². The van der Waals surface area contributed by atoms with Crippen molar-refractivity contribution < 1.29 is 4.39 Å². The lowest BCUT2D eigenvalue weighted by Gasteiger charge is -2.14. The van der Waals surface area contributed by atoms with Crippen LogP contribution in [0.5, 0.6) is 0 Å². The van der Waals surface area contributed by atoms with Gasteiger partial charge in [-0.05, 0) is 30.7 Å². The average molecular weight is 202 g/mol. The topological polar surface area (TPSA) is 35.8 Å². The zero-order chi connectivity index (χ0) is 10.7. The maximum atomic E-state index is 13.6. The molecule has 1 aliphatic heterocycles. The zero-order valence-corrected chi connectivity index (χ0v) is 8.26. The van der Waals surface area contributed by atoms with Crippen LogP contribution in [0.15, 0.2) is 24.3 Å². The van der Waals surface area contributed by atoms with Gasteiger partial charge in [0.15, 0.2) is 0 Å². The third kappa shape index (κ3) is 2.05. The molecule has 76 valence electrons. The van der Waals surface area contributed by atoms with Crippen molar-refractivity contribution >= 4 is 5.57 Å². The van der Waals surface area contributed by atoms with Gasteiger partial charge in [-0.1, -0.05) is 12.1 Å². The minimum Gasteiger partial charge on any atom is -0.313 e. The van der Waals surface area contributed by atoms with Crippen LogP contribution in [0.2, 0.25) is 0 Å². The second kappa shape index (κ2) is 4.24. The summed E-state index contributed by atoms with van der Waals surface area (Å²) in [6.45, 7) is 1.67. The SMILES string of the molecule is N#Cc1ccc(C2=CCNCC2)c(F)c1. The fraction of sp³-hybridized carbons (Fsp3) is 0.250. The summed E-state index contributed by atoms with van der Waals surface area (Å²) < 4.78 is 13.6. The zero-order valence-electron chi connectivity index (χ0n) is 8.26. The van der Waals surface area contributed by atoms with Crippen molar-refractivity contribution in [1.29, 1.82) is 5.26 Å². The summed E-state index contributed by atoms with van der Waals surface area (Å²) in [6.07, 6.45) is 2.83. The molecule has 0 aromatic heterocycles. The molecule has 3 heteroatoms. The van der Waals surface area contributed by atoms with Crippen molar-refractivity contribution in [2.24, 2.45) is 0 Å². The first kappa shape index (κ1) is 9.88. The van der Waals surface area contributed by atoms with Crippen LogP contribution >= 0.6 is 0 Å². The fourth-order valence-corrected chi connectivity index (χ4v) is 1.71. The van der Waals surface area contributed by atoms with Gasteiger partial charge in [-0.3, -0.25) is 0 Å². The van der Waals surface area contributed by atoms with Gasteiger partial charge < -0.3 is 5.32 Å². The molecule has 1 heterocycles. The van der Waals surface area contributed by atoms with Crippen molar-refractivity contribution in [1.82, 2.24) is 5.32 Å². The highest BCUT2D eigenvalue weighted by Crippen LogP contribution is 2.23. The molecule has 15 heavy (non-hydrogen) atoms. The van der Waals surface area contributed by atoms with E-state index in [-0.39, 0.29) is 5.82 Å². The van der Waals surface area contributed by atoms with Gasteiger partial charge in [0.25, 0.3) is 0 Å². The summed E-state index contributed by atoms with van der Waals surface area (Å²) in [5.74, 6) is -0.304. The Morgan fingerprint density at radius 3 is 2.87 bits per heavy atom. The smallest absolute Gasteiger partial charge is 0.132 e. The van der Waals surface area contributed by atoms with E-state index in [0.29, 0.717) is 11.1 Å². The van der Waals surface area contributed by atoms with Gasteiger partial charge >= 0.3 is 0 Å². The van der Waals surface area contributed by atoms with E-state index in [1.807, 2.05) is 12.1 Å². The lowest BCUT2D eigenvalue weighted by molar-refractivity contribution is 0.620. The second-order valence-corrected chi connectivity index (χ2v) is 3.49. The van der Waals surface area contributed by atoms with E-state index in [9.17, 15) is 4.39 Å². The van der Waals surface area contributed by atoms with Gasteiger partial charge in [-0.2, -0.15) is 5.26 Å². The van der Waals surface area contributed by atoms with Crippen molar-refractivity contribution in [3.63, 3.8) is 0 Å². The summed E-state index contributed by atoms with van der Waals surface area (Å²) in [6, 6.07) is 6.56. The van der Waals surface area contributed by atoms with E-state index in [1.165, 1.54) is 6.07 Å². The monoisotopic (exact) mass is 202 g/mol. The van der Waals surface area contributed by atoms with Gasteiger partial charge in [0.05, 0.1) is 11.6 Å². The Morgan fingerprint density at radius 1 is 1.40 bits per heavy atom. The number of halogens is 1. The Labute approximate surface area is 88.0 Å². The first-order chi connectivity index (χ1) is 7.31. The molecular weight excluding hydrogens is 191 g/mol. The molecule has 2 nitrogen and oxygen atoms in total. The molecule has 1 aromatic carbocycles. The van der Waals surface area contributed by atoms with Crippen LogP contribution in [0.3, 0.4) is 0 Å². The third-order valence-electron chi connectivity index (χ3n) is 2.51. The molecule has 2 rings (SSSR count). The van der Waals surface area contributed by atoms with Crippen molar-refractivity contribution in [2.75, 3.05) is 13.1 Å². The lowest BCUT2D eigenvalue weighted by atomic mass is 9.99. The number of nitrogens with one attached hydrogen (secondary N) is 1. The molecule has 0 unspecified atom stereocenters. The predicted octanol–water partition coefficient (Wildman–Crippen LogP) is 2.07. The van der Waals surface area contributed by atoms with E-state index in [4.69, 9.17) is 5.26 Å². The molecular formula is C12H11FN2. The molecule has 1 aliphatic rings. The normalized spacial score (nSPS) is 15.6. The number of nitriles is 1. The quantitative estimate of drug-likeness (QED) is 0.756. The Hall–Kier alpha value is -1.66. The largest absolute Gasteiger partial charge is 0.313 e. The second-order valence-electron chi connectivity index (χ2n) is 3.49. The van der Waals surface area contributed by atoms with Crippen molar-refractivity contribution in [3.8, 4) is 6.07 Å². The van der Waals surface area contributed by atoms with Crippen LogP contribution in [0.1, 0.15) is 17.5 Å². The van der Waals surface area contributed by atoms with E-state index < -0.39 is 0 Å². The van der Waals surface area contributed by atoms with Crippen molar-refractivity contribution in [2.45, 2.75) is 6.42 Å². The van der Waals surface area contributed by atoms with Gasteiger partial charge in [0.1, 0.15) is 5.82 Å². The van der Waals surface area contributed by atoms with Gasteiger partial charge in [0.2, 0.25) is 0 Å². The summed E-state index contributed by atoms with van der Waals surface area (Å²) in [5, 5.41) is 11.8. The Balaban J connectivity index is 2.37. The highest BCUT2D eigenvalue weighted by atomic mass is 19.1. The Kier molecular flexibility index (Phi) is 2.79. The molecule has 0 spiro atoms. The van der Waals surface area contributed by atoms with Crippen LogP contribution < -0.4 is 5.32 Å². The first-order valence-corrected chi connectivity index (χ1v) is 4.91. The summed E-state index contributed by atoms with van der Waals surface area (Å²) >= 11 is 0. The molecule has 0 saturated carbocycles. The molecule has 1 aromatic rings. The maximum Gasteiger partial charge on any atom is 0.132 e. The van der Waals surface area contributed by atoms with Crippen LogP contribution in [-0.2, 0) is 0 Å². The van der Waals surface area contributed by atoms with Crippen LogP contribution in [-0.4, -0.2) is 13.1 Å². The standard InChI is InChI=1S/C12H11FN2/c13-12-7-9(8-14)1-2-11(12)10-3-5-15-6-4-10/h1-3,7,15H,4-6H2. The van der Waals surface area contributed by atoms with Gasteiger partial charge in [-0.25, -0.2) is 4.39 Å². The molecule has 0 radical (unpaired) electrons. The summed E-state index contributed by atoms with van der Waals surface area (Å²) in [5.41, 5.74) is 2.01. The number of hydrogen-bond acceptors (Lipinski definition) is 2. The molecule has 0 fully saturated rings. The number of hydrogen-bond donors (Lipinski definition) is 1. The lowest BCUT2D eigenvalue weighted by Crippen LogP contribution is -2.20. The van der Waals surface area contributed by atoms with Gasteiger partial charge in [-0.15, -0.1) is 0 Å². The minimum atomic E-state index is -0.304. The third-order valence-corrected chi connectivity index (χ3v) is 2.51. The predicted molar refractivity (Wildman–Crippen MR) is 56.6 cm³/mol.